The van der Waals surface area contributed by atoms with Crippen LogP contribution in [0.1, 0.15) is 66.2 Å². The van der Waals surface area contributed by atoms with E-state index in [2.05, 4.69) is 0 Å². The van der Waals surface area contributed by atoms with E-state index in [-0.39, 0.29) is 13.2 Å². The molecule has 0 saturated heterocycles. The van der Waals surface area contributed by atoms with Crippen molar-refractivity contribution >= 4 is 11.9 Å². The van der Waals surface area contributed by atoms with Crippen molar-refractivity contribution in [2.75, 3.05) is 13.2 Å². The van der Waals surface area contributed by atoms with Crippen LogP contribution in [0.25, 0.3) is 0 Å². The molecule has 6 heteroatoms. The number of rotatable bonds is 12. The van der Waals surface area contributed by atoms with Gasteiger partial charge in [0.25, 0.3) is 0 Å². The highest BCUT2D eigenvalue weighted by Gasteiger charge is 2.06. The molecule has 0 amide bonds. The lowest BCUT2D eigenvalue weighted by molar-refractivity contribution is -0.141. The second-order valence-electron chi connectivity index (χ2n) is 5.13. The maximum atomic E-state index is 11.3. The number of hydrogen-bond acceptors (Lipinski definition) is 6. The Morgan fingerprint density at radius 1 is 0.792 bits per heavy atom. The molecule has 0 saturated carbocycles. The first-order valence-electron chi connectivity index (χ1n) is 8.87. The molecule has 0 spiro atoms. The summed E-state index contributed by atoms with van der Waals surface area (Å²) in [5.41, 5.74) is 0. The molecule has 24 heavy (non-hydrogen) atoms. The van der Waals surface area contributed by atoms with Gasteiger partial charge in [-0.3, -0.25) is 0 Å². The zero-order valence-corrected chi connectivity index (χ0v) is 15.5. The summed E-state index contributed by atoms with van der Waals surface area (Å²) in [7, 11) is 0. The molecule has 6 nitrogen and oxygen atoms in total. The summed E-state index contributed by atoms with van der Waals surface area (Å²) < 4.78 is 9.70. The molecular weight excluding hydrogens is 312 g/mol. The number of carbonyl (C=O) groups is 2. The number of ether oxygens (including phenoxy) is 2. The minimum Gasteiger partial charge on any atom is -0.462 e. The fourth-order valence-corrected chi connectivity index (χ4v) is 1.78. The fraction of sp³-hybridized carbons (Fsp3) is 0.778. The van der Waals surface area contributed by atoms with Crippen LogP contribution < -0.4 is 0 Å². The smallest absolute Gasteiger partial charge is 0.331 e. The van der Waals surface area contributed by atoms with Gasteiger partial charge in [0.05, 0.1) is 25.4 Å². The fourth-order valence-electron chi connectivity index (χ4n) is 1.78. The highest BCUT2D eigenvalue weighted by molar-refractivity contribution is 5.91. The van der Waals surface area contributed by atoms with E-state index in [9.17, 15) is 19.8 Å². The van der Waals surface area contributed by atoms with Gasteiger partial charge in [0.2, 0.25) is 0 Å². The van der Waals surface area contributed by atoms with E-state index in [1.807, 2.05) is 27.7 Å². The van der Waals surface area contributed by atoms with E-state index in [1.165, 1.54) is 0 Å². The lowest BCUT2D eigenvalue weighted by Crippen LogP contribution is -2.13. The van der Waals surface area contributed by atoms with E-state index in [4.69, 9.17) is 9.47 Å². The van der Waals surface area contributed by atoms with Crippen LogP contribution in [0.3, 0.4) is 0 Å². The predicted molar refractivity (Wildman–Crippen MR) is 93.5 cm³/mol. The zero-order valence-electron chi connectivity index (χ0n) is 15.5. The molecule has 2 atom stereocenters. The summed E-state index contributed by atoms with van der Waals surface area (Å²) in [6, 6.07) is 0. The van der Waals surface area contributed by atoms with Crippen LogP contribution in [0.4, 0.5) is 0 Å². The minimum absolute atomic E-state index is 0.114. The van der Waals surface area contributed by atoms with E-state index in [0.29, 0.717) is 25.7 Å². The first kappa shape index (κ1) is 24.8. The predicted octanol–water partition coefficient (Wildman–Crippen LogP) is 2.76. The van der Waals surface area contributed by atoms with Crippen molar-refractivity contribution in [3.63, 3.8) is 0 Å². The number of esters is 2. The Balaban J connectivity index is 0. The zero-order chi connectivity index (χ0) is 18.8. The van der Waals surface area contributed by atoms with Crippen LogP contribution >= 0.6 is 0 Å². The maximum absolute atomic E-state index is 11.3. The van der Waals surface area contributed by atoms with Crippen molar-refractivity contribution in [3.05, 3.63) is 12.2 Å². The van der Waals surface area contributed by atoms with Crippen LogP contribution in [0.15, 0.2) is 12.2 Å². The van der Waals surface area contributed by atoms with Crippen molar-refractivity contribution in [2.45, 2.75) is 78.4 Å². The quantitative estimate of drug-likeness (QED) is 0.417. The van der Waals surface area contributed by atoms with Crippen LogP contribution in [0.5, 0.6) is 0 Å². The Bertz CT molecular complexity index is 308. The Hall–Kier alpha value is -1.40. The maximum Gasteiger partial charge on any atom is 0.331 e. The second kappa shape index (κ2) is 17.9. The summed E-state index contributed by atoms with van der Waals surface area (Å²) in [5.74, 6) is -1.29. The molecule has 2 N–H and O–H groups in total. The number of aliphatic hydroxyl groups is 2. The third-order valence-electron chi connectivity index (χ3n) is 2.99. The van der Waals surface area contributed by atoms with Gasteiger partial charge in [-0.25, -0.2) is 9.59 Å². The lowest BCUT2D eigenvalue weighted by Gasteiger charge is -2.09. The van der Waals surface area contributed by atoms with Gasteiger partial charge in [0, 0.05) is 25.0 Å². The SMILES string of the molecule is CC.CCCC(O)CCOC(=O)C=CC(=O)OCCC(O)CCC. The van der Waals surface area contributed by atoms with Gasteiger partial charge in [-0.05, 0) is 12.8 Å². The highest BCUT2D eigenvalue weighted by atomic mass is 16.5. The van der Waals surface area contributed by atoms with Crippen molar-refractivity contribution in [1.29, 1.82) is 0 Å². The molecule has 2 unspecified atom stereocenters. The molecule has 142 valence electrons. The Morgan fingerprint density at radius 3 is 1.42 bits per heavy atom. The van der Waals surface area contributed by atoms with Crippen LogP contribution in [0, 0.1) is 0 Å². The standard InChI is InChI=1S/C16H28O6.C2H6/c1-3-5-13(17)9-11-21-15(19)7-8-16(20)22-12-10-14(18)6-4-2;1-2/h7-8,13-14,17-18H,3-6,9-12H2,1-2H3;1-2H3. The molecule has 0 aromatic carbocycles. The molecule has 0 fully saturated rings. The van der Waals surface area contributed by atoms with Crippen molar-refractivity contribution in [2.24, 2.45) is 0 Å². The van der Waals surface area contributed by atoms with E-state index in [0.717, 1.165) is 25.0 Å². The summed E-state index contributed by atoms with van der Waals surface area (Å²) in [5, 5.41) is 18.9. The van der Waals surface area contributed by atoms with Crippen LogP contribution in [-0.2, 0) is 19.1 Å². The van der Waals surface area contributed by atoms with E-state index in [1.54, 1.807) is 0 Å². The van der Waals surface area contributed by atoms with Gasteiger partial charge in [0.1, 0.15) is 0 Å². The average molecular weight is 346 g/mol. The lowest BCUT2D eigenvalue weighted by atomic mass is 10.1. The van der Waals surface area contributed by atoms with Gasteiger partial charge in [0.15, 0.2) is 0 Å². The van der Waals surface area contributed by atoms with Crippen LogP contribution in [0.2, 0.25) is 0 Å². The number of aliphatic hydroxyl groups excluding tert-OH is 2. The number of carbonyl (C=O) groups excluding carboxylic acids is 2. The third kappa shape index (κ3) is 17.0. The summed E-state index contributed by atoms with van der Waals surface area (Å²) in [6.07, 6.45) is 4.89. The first-order valence-corrected chi connectivity index (χ1v) is 8.87. The monoisotopic (exact) mass is 346 g/mol. The minimum atomic E-state index is -0.647. The molecule has 0 aliphatic heterocycles. The molecule has 0 aromatic rings. The Morgan fingerprint density at radius 2 is 1.12 bits per heavy atom. The second-order valence-corrected chi connectivity index (χ2v) is 5.13. The normalized spacial score (nSPS) is 12.9. The topological polar surface area (TPSA) is 93.1 Å². The van der Waals surface area contributed by atoms with Gasteiger partial charge in [-0.2, -0.15) is 0 Å². The molecule has 0 aliphatic rings. The summed E-state index contributed by atoms with van der Waals surface area (Å²) in [4.78, 5) is 22.6. The highest BCUT2D eigenvalue weighted by Crippen LogP contribution is 2.02. The average Bonchev–Trinajstić information content (AvgIpc) is 2.55. The Kier molecular flexibility index (Phi) is 18.6. The largest absolute Gasteiger partial charge is 0.462 e. The van der Waals surface area contributed by atoms with Gasteiger partial charge in [-0.15, -0.1) is 0 Å². The molecule has 0 rings (SSSR count). The van der Waals surface area contributed by atoms with Gasteiger partial charge in [-0.1, -0.05) is 40.5 Å². The summed E-state index contributed by atoms with van der Waals surface area (Å²) >= 11 is 0. The number of hydrogen-bond donors (Lipinski definition) is 2. The third-order valence-corrected chi connectivity index (χ3v) is 2.99. The molecular formula is C18H34O6. The van der Waals surface area contributed by atoms with E-state index < -0.39 is 24.1 Å². The molecule has 0 heterocycles. The molecule has 0 radical (unpaired) electrons. The van der Waals surface area contributed by atoms with Gasteiger partial charge >= 0.3 is 11.9 Å². The van der Waals surface area contributed by atoms with E-state index >= 15 is 0 Å². The van der Waals surface area contributed by atoms with Crippen molar-refractivity contribution in [1.82, 2.24) is 0 Å². The Labute approximate surface area is 145 Å². The molecule has 0 aliphatic carbocycles. The summed E-state index contributed by atoms with van der Waals surface area (Å²) in [6.45, 7) is 8.15. The van der Waals surface area contributed by atoms with Gasteiger partial charge < -0.3 is 19.7 Å². The van der Waals surface area contributed by atoms with Crippen LogP contribution in [-0.4, -0.2) is 47.6 Å². The molecule has 0 aromatic heterocycles. The van der Waals surface area contributed by atoms with Crippen molar-refractivity contribution in [3.8, 4) is 0 Å². The van der Waals surface area contributed by atoms with Crippen molar-refractivity contribution < 1.29 is 29.3 Å². The first-order chi connectivity index (χ1) is 11.5. The molecule has 0 bridgehead atoms.